The number of anilines is 1. The molecule has 3 rings (SSSR count). The second-order valence-electron chi connectivity index (χ2n) is 6.80. The van der Waals surface area contributed by atoms with Gasteiger partial charge in [-0.05, 0) is 24.5 Å². The van der Waals surface area contributed by atoms with Crippen LogP contribution in [0.25, 0.3) is 0 Å². The predicted molar refractivity (Wildman–Crippen MR) is 103 cm³/mol. The Hall–Kier alpha value is -2.47. The molecule has 2 heterocycles. The highest BCUT2D eigenvalue weighted by Crippen LogP contribution is 2.14. The molecule has 0 saturated carbocycles. The molecule has 6 nitrogen and oxygen atoms in total. The number of nitrogens with one attached hydrogen (secondary N) is 1. The van der Waals surface area contributed by atoms with Crippen LogP contribution >= 0.6 is 0 Å². The molecular formula is C20H27N5O. The lowest BCUT2D eigenvalue weighted by atomic mass is 10.0. The van der Waals surface area contributed by atoms with Crippen LogP contribution in [0.15, 0.2) is 48.8 Å². The first-order chi connectivity index (χ1) is 12.6. The monoisotopic (exact) mass is 353 g/mol. The van der Waals surface area contributed by atoms with Gasteiger partial charge in [-0.2, -0.15) is 0 Å². The summed E-state index contributed by atoms with van der Waals surface area (Å²) in [6.45, 7) is 8.12. The summed E-state index contributed by atoms with van der Waals surface area (Å²) in [5.41, 5.74) is 1.25. The van der Waals surface area contributed by atoms with Crippen LogP contribution in [0.3, 0.4) is 0 Å². The fraction of sp³-hybridized carbons (Fsp3) is 0.450. The lowest BCUT2D eigenvalue weighted by molar-refractivity contribution is -0.126. The van der Waals surface area contributed by atoms with E-state index in [4.69, 9.17) is 0 Å². The van der Waals surface area contributed by atoms with E-state index in [1.807, 2.05) is 31.2 Å². The van der Waals surface area contributed by atoms with Crippen LogP contribution in [0.4, 0.5) is 5.95 Å². The minimum absolute atomic E-state index is 0.0946. The van der Waals surface area contributed by atoms with Gasteiger partial charge in [0.2, 0.25) is 11.9 Å². The van der Waals surface area contributed by atoms with Crippen LogP contribution in [0.5, 0.6) is 0 Å². The molecule has 1 N–H and O–H groups in total. The third kappa shape index (κ3) is 4.58. The fourth-order valence-corrected chi connectivity index (χ4v) is 3.23. The maximum atomic E-state index is 12.5. The van der Waals surface area contributed by atoms with E-state index in [1.165, 1.54) is 5.56 Å². The molecule has 0 aliphatic carbocycles. The summed E-state index contributed by atoms with van der Waals surface area (Å²) < 4.78 is 0. The molecule has 1 aliphatic rings. The van der Waals surface area contributed by atoms with E-state index in [0.29, 0.717) is 12.5 Å². The van der Waals surface area contributed by atoms with Gasteiger partial charge in [-0.3, -0.25) is 9.69 Å². The van der Waals surface area contributed by atoms with Crippen molar-refractivity contribution in [3.63, 3.8) is 0 Å². The molecule has 2 aromatic rings. The van der Waals surface area contributed by atoms with Gasteiger partial charge in [-0.15, -0.1) is 0 Å². The molecule has 2 atom stereocenters. The van der Waals surface area contributed by atoms with Gasteiger partial charge in [0.15, 0.2) is 0 Å². The number of carbonyl (C=O) groups excluding carboxylic acids is 1. The van der Waals surface area contributed by atoms with Gasteiger partial charge in [0.1, 0.15) is 0 Å². The number of hydrogen-bond donors (Lipinski definition) is 1. The normalized spacial score (nSPS) is 17.5. The Kier molecular flexibility index (Phi) is 6.17. The van der Waals surface area contributed by atoms with Crippen LogP contribution in [0.1, 0.15) is 25.3 Å². The molecular weight excluding hydrogens is 326 g/mol. The number of rotatable bonds is 6. The van der Waals surface area contributed by atoms with Crippen molar-refractivity contribution in [2.45, 2.75) is 25.8 Å². The smallest absolute Gasteiger partial charge is 0.237 e. The summed E-state index contributed by atoms with van der Waals surface area (Å²) in [5.74, 6) is 1.16. The number of benzene rings is 1. The lowest BCUT2D eigenvalue weighted by Crippen LogP contribution is -2.54. The van der Waals surface area contributed by atoms with Crippen molar-refractivity contribution in [3.05, 3.63) is 54.4 Å². The van der Waals surface area contributed by atoms with E-state index >= 15 is 0 Å². The van der Waals surface area contributed by atoms with Crippen molar-refractivity contribution in [1.82, 2.24) is 20.2 Å². The highest BCUT2D eigenvalue weighted by Gasteiger charge is 2.26. The number of aromatic nitrogens is 2. The molecule has 0 radical (unpaired) electrons. The molecule has 26 heavy (non-hydrogen) atoms. The van der Waals surface area contributed by atoms with E-state index in [-0.39, 0.29) is 11.9 Å². The first-order valence-corrected chi connectivity index (χ1v) is 9.24. The Balaban J connectivity index is 1.46. The molecule has 138 valence electrons. The molecule has 1 saturated heterocycles. The summed E-state index contributed by atoms with van der Waals surface area (Å²) in [5, 5.41) is 3.10. The minimum Gasteiger partial charge on any atom is -0.354 e. The topological polar surface area (TPSA) is 61.4 Å². The van der Waals surface area contributed by atoms with Gasteiger partial charge >= 0.3 is 0 Å². The van der Waals surface area contributed by atoms with Gasteiger partial charge in [0.05, 0.1) is 6.04 Å². The molecule has 1 aromatic heterocycles. The van der Waals surface area contributed by atoms with E-state index in [9.17, 15) is 4.79 Å². The second kappa shape index (κ2) is 8.76. The van der Waals surface area contributed by atoms with Crippen LogP contribution < -0.4 is 10.2 Å². The second-order valence-corrected chi connectivity index (χ2v) is 6.80. The van der Waals surface area contributed by atoms with Crippen molar-refractivity contribution in [3.8, 4) is 0 Å². The summed E-state index contributed by atoms with van der Waals surface area (Å²) in [6.07, 6.45) is 3.53. The van der Waals surface area contributed by atoms with Crippen molar-refractivity contribution in [2.24, 2.45) is 0 Å². The Morgan fingerprint density at radius 2 is 1.69 bits per heavy atom. The number of amides is 1. The SMILES string of the molecule is CC(CNC(=O)C(C)N1CCN(c2ncccn2)CC1)c1ccccc1. The fourth-order valence-electron chi connectivity index (χ4n) is 3.23. The largest absolute Gasteiger partial charge is 0.354 e. The van der Waals surface area contributed by atoms with Crippen LogP contribution in [-0.4, -0.2) is 59.5 Å². The average Bonchev–Trinajstić information content (AvgIpc) is 2.72. The minimum atomic E-state index is -0.128. The van der Waals surface area contributed by atoms with Gasteiger partial charge in [-0.1, -0.05) is 37.3 Å². The van der Waals surface area contributed by atoms with Gasteiger partial charge < -0.3 is 10.2 Å². The van der Waals surface area contributed by atoms with E-state index in [0.717, 1.165) is 32.1 Å². The molecule has 6 heteroatoms. The van der Waals surface area contributed by atoms with Crippen molar-refractivity contribution in [1.29, 1.82) is 0 Å². The van der Waals surface area contributed by atoms with Crippen molar-refractivity contribution >= 4 is 11.9 Å². The molecule has 0 spiro atoms. The van der Waals surface area contributed by atoms with Gasteiger partial charge in [-0.25, -0.2) is 9.97 Å². The predicted octanol–water partition coefficient (Wildman–Crippen LogP) is 1.91. The molecule has 0 bridgehead atoms. The van der Waals surface area contributed by atoms with Crippen LogP contribution in [0.2, 0.25) is 0 Å². The zero-order valence-corrected chi connectivity index (χ0v) is 15.5. The van der Waals surface area contributed by atoms with E-state index in [1.54, 1.807) is 12.4 Å². The zero-order chi connectivity index (χ0) is 18.4. The molecule has 1 fully saturated rings. The lowest BCUT2D eigenvalue weighted by Gasteiger charge is -2.37. The van der Waals surface area contributed by atoms with Gasteiger partial charge in [0.25, 0.3) is 0 Å². The first kappa shape index (κ1) is 18.3. The van der Waals surface area contributed by atoms with Crippen molar-refractivity contribution < 1.29 is 4.79 Å². The summed E-state index contributed by atoms with van der Waals surface area (Å²) >= 11 is 0. The third-order valence-corrected chi connectivity index (χ3v) is 5.03. The average molecular weight is 353 g/mol. The Morgan fingerprint density at radius 1 is 1.04 bits per heavy atom. The maximum absolute atomic E-state index is 12.5. The highest BCUT2D eigenvalue weighted by atomic mass is 16.2. The summed E-state index contributed by atoms with van der Waals surface area (Å²) in [6, 6.07) is 12.0. The highest BCUT2D eigenvalue weighted by molar-refractivity contribution is 5.81. The molecule has 1 amide bonds. The van der Waals surface area contributed by atoms with Crippen molar-refractivity contribution in [2.75, 3.05) is 37.6 Å². The maximum Gasteiger partial charge on any atom is 0.237 e. The summed E-state index contributed by atoms with van der Waals surface area (Å²) in [4.78, 5) is 25.5. The van der Waals surface area contributed by atoms with Crippen LogP contribution in [-0.2, 0) is 4.79 Å². The Morgan fingerprint density at radius 3 is 2.35 bits per heavy atom. The van der Waals surface area contributed by atoms with Gasteiger partial charge in [0, 0.05) is 45.1 Å². The summed E-state index contributed by atoms with van der Waals surface area (Å²) in [7, 11) is 0. The molecule has 1 aliphatic heterocycles. The number of hydrogen-bond acceptors (Lipinski definition) is 5. The zero-order valence-electron chi connectivity index (χ0n) is 15.5. The third-order valence-electron chi connectivity index (χ3n) is 5.03. The van der Waals surface area contributed by atoms with Crippen LogP contribution in [0, 0.1) is 0 Å². The molecule has 1 aromatic carbocycles. The van der Waals surface area contributed by atoms with E-state index in [2.05, 4.69) is 44.1 Å². The number of nitrogens with zero attached hydrogens (tertiary/aromatic N) is 4. The number of piperazine rings is 1. The van der Waals surface area contributed by atoms with E-state index < -0.39 is 0 Å². The standard InChI is InChI=1S/C20H27N5O/c1-16(18-7-4-3-5-8-18)15-23-19(26)17(2)24-11-13-25(14-12-24)20-21-9-6-10-22-20/h3-10,16-17H,11-15H2,1-2H3,(H,23,26). The molecule has 2 unspecified atom stereocenters. The Bertz CT molecular complexity index is 686. The first-order valence-electron chi connectivity index (χ1n) is 9.24. The number of carbonyl (C=O) groups is 1. The quantitative estimate of drug-likeness (QED) is 0.860. The Labute approximate surface area is 155 Å².